The molecule has 0 atom stereocenters. The molecule has 2 rings (SSSR count). The summed E-state index contributed by atoms with van der Waals surface area (Å²) < 4.78 is 26.8. The molecule has 2 aromatic carbocycles. The van der Waals surface area contributed by atoms with Gasteiger partial charge in [-0.25, -0.2) is 8.42 Å². The number of benzene rings is 2. The van der Waals surface area contributed by atoms with Crippen LogP contribution >= 0.6 is 0 Å². The maximum absolute atomic E-state index is 12.2. The van der Waals surface area contributed by atoms with Gasteiger partial charge in [0.15, 0.2) is 0 Å². The summed E-state index contributed by atoms with van der Waals surface area (Å²) in [6, 6.07) is 15.6. The lowest BCUT2D eigenvalue weighted by Gasteiger charge is -2.15. The quantitative estimate of drug-likeness (QED) is 0.567. The molecule has 0 aliphatic rings. The molecule has 0 aliphatic heterocycles. The van der Waals surface area contributed by atoms with Crippen LogP contribution in [0.2, 0.25) is 0 Å². The van der Waals surface area contributed by atoms with Gasteiger partial charge in [-0.05, 0) is 49.8 Å². The number of amides is 1. The molecule has 6 nitrogen and oxygen atoms in total. The third kappa shape index (κ3) is 7.17. The fourth-order valence-electron chi connectivity index (χ4n) is 2.68. The number of nitrogens with one attached hydrogen (secondary N) is 3. The van der Waals surface area contributed by atoms with Crippen LogP contribution in [0, 0.1) is 0 Å². The van der Waals surface area contributed by atoms with Gasteiger partial charge in [0.2, 0.25) is 0 Å². The van der Waals surface area contributed by atoms with Crippen LogP contribution in [0.4, 0.5) is 5.69 Å². The van der Waals surface area contributed by atoms with E-state index in [1.54, 1.807) is 24.3 Å². The van der Waals surface area contributed by atoms with Crippen molar-refractivity contribution in [3.8, 4) is 0 Å². The van der Waals surface area contributed by atoms with E-state index in [-0.39, 0.29) is 5.91 Å². The van der Waals surface area contributed by atoms with Crippen molar-refractivity contribution in [3.05, 3.63) is 71.1 Å². The Morgan fingerprint density at radius 3 is 2.25 bits per heavy atom. The third-order valence-electron chi connectivity index (χ3n) is 4.41. The van der Waals surface area contributed by atoms with Gasteiger partial charge in [0.25, 0.3) is 15.9 Å². The minimum Gasteiger partial charge on any atom is -0.346 e. The first-order valence-corrected chi connectivity index (χ1v) is 11.0. The zero-order valence-corrected chi connectivity index (χ0v) is 17.1. The highest BCUT2D eigenvalue weighted by Crippen LogP contribution is 2.13. The Morgan fingerprint density at radius 2 is 1.64 bits per heavy atom. The maximum Gasteiger partial charge on any atom is 0.255 e. The van der Waals surface area contributed by atoms with E-state index in [0.29, 0.717) is 17.8 Å². The van der Waals surface area contributed by atoms with Crippen molar-refractivity contribution in [3.63, 3.8) is 0 Å². The van der Waals surface area contributed by atoms with E-state index >= 15 is 0 Å². The molecular weight excluding hydrogens is 374 g/mol. The minimum atomic E-state index is -3.63. The summed E-state index contributed by atoms with van der Waals surface area (Å²) in [4.78, 5) is 13.6. The van der Waals surface area contributed by atoms with Gasteiger partial charge < -0.3 is 10.2 Å². The maximum atomic E-state index is 12.2. The zero-order valence-electron chi connectivity index (χ0n) is 16.3. The largest absolute Gasteiger partial charge is 0.346 e. The van der Waals surface area contributed by atoms with Gasteiger partial charge in [-0.1, -0.05) is 30.3 Å². The summed E-state index contributed by atoms with van der Waals surface area (Å²) in [7, 11) is -3.63. The van der Waals surface area contributed by atoms with Gasteiger partial charge in [0.1, 0.15) is 0 Å². The third-order valence-corrected chi connectivity index (χ3v) is 5.43. The number of hydrogen-bond donors (Lipinski definition) is 3. The molecule has 2 aromatic rings. The van der Waals surface area contributed by atoms with E-state index in [1.165, 1.54) is 11.0 Å². The van der Waals surface area contributed by atoms with Gasteiger partial charge >= 0.3 is 0 Å². The van der Waals surface area contributed by atoms with E-state index in [0.717, 1.165) is 30.6 Å². The molecule has 0 aromatic heterocycles. The van der Waals surface area contributed by atoms with Crippen LogP contribution in [-0.4, -0.2) is 40.5 Å². The Balaban J connectivity index is 1.91. The van der Waals surface area contributed by atoms with Crippen LogP contribution in [0.5, 0.6) is 0 Å². The minimum absolute atomic E-state index is 0.162. The van der Waals surface area contributed by atoms with Crippen molar-refractivity contribution in [1.82, 2.24) is 5.32 Å². The predicted molar refractivity (Wildman–Crippen MR) is 114 cm³/mol. The zero-order chi connectivity index (χ0) is 20.4. The highest BCUT2D eigenvalue weighted by atomic mass is 32.2. The first kappa shape index (κ1) is 21.7. The second-order valence-corrected chi connectivity index (χ2v) is 7.97. The number of likely N-dealkylation sites (N-methyl/N-ethyl adjacent to an activating group) is 1. The molecule has 7 heteroatoms. The van der Waals surface area contributed by atoms with Gasteiger partial charge in [-0.3, -0.25) is 9.52 Å². The van der Waals surface area contributed by atoms with Crippen LogP contribution in [0.3, 0.4) is 0 Å². The van der Waals surface area contributed by atoms with E-state index in [1.807, 2.05) is 30.3 Å². The number of sulfonamides is 1. The molecule has 1 amide bonds. The summed E-state index contributed by atoms with van der Waals surface area (Å²) in [5.74, 6) is -0.162. The molecule has 0 saturated carbocycles. The molecule has 0 bridgehead atoms. The van der Waals surface area contributed by atoms with Gasteiger partial charge in [-0.2, -0.15) is 0 Å². The van der Waals surface area contributed by atoms with Gasteiger partial charge in [-0.15, -0.1) is 0 Å². The lowest BCUT2D eigenvalue weighted by atomic mass is 10.2. The van der Waals surface area contributed by atoms with E-state index in [4.69, 9.17) is 0 Å². The fourth-order valence-corrected chi connectivity index (χ4v) is 3.55. The summed E-state index contributed by atoms with van der Waals surface area (Å²) in [6.07, 6.45) is 1.53. The fraction of sp³-hybridized carbons (Fsp3) is 0.286. The van der Waals surface area contributed by atoms with Crippen molar-refractivity contribution < 1.29 is 18.1 Å². The molecule has 0 radical (unpaired) electrons. The number of rotatable bonds is 10. The molecule has 0 aliphatic carbocycles. The van der Waals surface area contributed by atoms with Crippen LogP contribution in [-0.2, 0) is 10.0 Å². The summed E-state index contributed by atoms with van der Waals surface area (Å²) in [5, 5.41) is 4.02. The van der Waals surface area contributed by atoms with E-state index < -0.39 is 10.0 Å². The topological polar surface area (TPSA) is 79.7 Å². The van der Waals surface area contributed by atoms with Gasteiger partial charge in [0, 0.05) is 11.3 Å². The monoisotopic (exact) mass is 402 g/mol. The average molecular weight is 403 g/mol. The van der Waals surface area contributed by atoms with Crippen molar-refractivity contribution in [2.45, 2.75) is 13.8 Å². The number of quaternary nitrogens is 1. The highest BCUT2D eigenvalue weighted by molar-refractivity contribution is 7.95. The number of carbonyl (C=O) groups is 1. The Morgan fingerprint density at radius 1 is 1.00 bits per heavy atom. The summed E-state index contributed by atoms with van der Waals surface area (Å²) in [5.41, 5.74) is 1.70. The lowest BCUT2D eigenvalue weighted by molar-refractivity contribution is -0.895. The second-order valence-electron chi connectivity index (χ2n) is 6.40. The SMILES string of the molecule is CC[NH+](CC)CCNC(=O)c1ccc(NS(=O)(=O)/C=C/c2ccccc2)cc1. The molecule has 0 spiro atoms. The molecule has 0 heterocycles. The molecule has 28 heavy (non-hydrogen) atoms. The number of carbonyl (C=O) groups excluding carboxylic acids is 1. The van der Waals surface area contributed by atoms with Crippen molar-refractivity contribution in [2.24, 2.45) is 0 Å². The molecule has 3 N–H and O–H groups in total. The van der Waals surface area contributed by atoms with Crippen LogP contribution < -0.4 is 14.9 Å². The van der Waals surface area contributed by atoms with Crippen molar-refractivity contribution >= 4 is 27.7 Å². The average Bonchev–Trinajstić information content (AvgIpc) is 2.71. The highest BCUT2D eigenvalue weighted by Gasteiger charge is 2.09. The van der Waals surface area contributed by atoms with Crippen molar-refractivity contribution in [2.75, 3.05) is 30.9 Å². The van der Waals surface area contributed by atoms with Gasteiger partial charge in [0.05, 0.1) is 31.6 Å². The first-order chi connectivity index (χ1) is 13.4. The predicted octanol–water partition coefficient (Wildman–Crippen LogP) is 1.75. The smallest absolute Gasteiger partial charge is 0.255 e. The molecule has 0 saturated heterocycles. The molecule has 0 unspecified atom stereocenters. The number of hydrogen-bond acceptors (Lipinski definition) is 3. The molecular formula is C21H28N3O3S+. The Kier molecular flexibility index (Phi) is 8.22. The normalized spacial score (nSPS) is 11.7. The Hall–Kier alpha value is -2.64. The standard InChI is InChI=1S/C21H27N3O3S/c1-3-24(4-2)16-15-22-21(25)19-10-12-20(13-11-19)23-28(26,27)17-14-18-8-6-5-7-9-18/h5-14,17,23H,3-4,15-16H2,1-2H3,(H,22,25)/p+1/b17-14+. The lowest BCUT2D eigenvalue weighted by Crippen LogP contribution is -3.12. The second kappa shape index (κ2) is 10.6. The van der Waals surface area contributed by atoms with E-state index in [9.17, 15) is 13.2 Å². The first-order valence-electron chi connectivity index (χ1n) is 9.41. The van der Waals surface area contributed by atoms with Crippen molar-refractivity contribution in [1.29, 1.82) is 0 Å². The van der Waals surface area contributed by atoms with Crippen LogP contribution in [0.1, 0.15) is 29.8 Å². The summed E-state index contributed by atoms with van der Waals surface area (Å²) >= 11 is 0. The van der Waals surface area contributed by atoms with Crippen LogP contribution in [0.25, 0.3) is 6.08 Å². The Labute approximate surface area is 167 Å². The number of anilines is 1. The molecule has 0 fully saturated rings. The van der Waals surface area contributed by atoms with E-state index in [2.05, 4.69) is 23.9 Å². The Bertz CT molecular complexity index is 875. The summed E-state index contributed by atoms with van der Waals surface area (Å²) in [6.45, 7) is 7.78. The molecule has 150 valence electrons. The van der Waals surface area contributed by atoms with Crippen LogP contribution in [0.15, 0.2) is 60.0 Å².